The molecule has 1 aromatic heterocycles. The topological polar surface area (TPSA) is 63.6 Å². The van der Waals surface area contributed by atoms with Crippen LogP contribution in [0.3, 0.4) is 0 Å². The van der Waals surface area contributed by atoms with Gasteiger partial charge in [0.1, 0.15) is 11.5 Å². The highest BCUT2D eigenvalue weighted by molar-refractivity contribution is 6.04. The van der Waals surface area contributed by atoms with Gasteiger partial charge in [-0.05, 0) is 78.9 Å². The number of pyridine rings is 1. The number of para-hydroxylation sites is 1. The molecule has 0 spiro atoms. The molecule has 1 heterocycles. The van der Waals surface area contributed by atoms with Gasteiger partial charge in [0.2, 0.25) is 0 Å². The van der Waals surface area contributed by atoms with Gasteiger partial charge in [0, 0.05) is 11.8 Å². The summed E-state index contributed by atoms with van der Waals surface area (Å²) in [5, 5.41) is 2.95. The molecule has 0 saturated heterocycles. The van der Waals surface area contributed by atoms with E-state index in [2.05, 4.69) is 30.2 Å². The number of rotatable bonds is 9. The first-order chi connectivity index (χ1) is 17.5. The van der Waals surface area contributed by atoms with Crippen molar-refractivity contribution < 1.29 is 9.53 Å². The van der Waals surface area contributed by atoms with Crippen LogP contribution in [-0.4, -0.2) is 16.6 Å². The zero-order valence-corrected chi connectivity index (χ0v) is 20.9. The molecule has 0 aliphatic rings. The number of nitrogens with zero attached hydrogens (tertiary/aromatic N) is 2. The van der Waals surface area contributed by atoms with Gasteiger partial charge in [0.15, 0.2) is 0 Å². The molecule has 0 fully saturated rings. The summed E-state index contributed by atoms with van der Waals surface area (Å²) in [6.07, 6.45) is 2.66. The van der Waals surface area contributed by atoms with E-state index in [0.717, 1.165) is 46.1 Å². The predicted molar refractivity (Wildman–Crippen MR) is 145 cm³/mol. The Hall–Kier alpha value is -4.25. The van der Waals surface area contributed by atoms with E-state index in [4.69, 9.17) is 9.73 Å². The number of aryl methyl sites for hydroxylation is 1. The van der Waals surface area contributed by atoms with Crippen molar-refractivity contribution >= 4 is 17.3 Å². The van der Waals surface area contributed by atoms with E-state index in [-0.39, 0.29) is 11.8 Å². The number of nitrogens with one attached hydrogen (secondary N) is 1. The van der Waals surface area contributed by atoms with Gasteiger partial charge in [-0.25, -0.2) is 0 Å². The van der Waals surface area contributed by atoms with Crippen LogP contribution in [0.5, 0.6) is 11.5 Å². The number of benzene rings is 3. The second-order valence-electron chi connectivity index (χ2n) is 8.75. The van der Waals surface area contributed by atoms with Crippen molar-refractivity contribution in [3.8, 4) is 11.5 Å². The van der Waals surface area contributed by atoms with Crippen LogP contribution in [0.25, 0.3) is 0 Å². The molecule has 3 aromatic carbocycles. The normalized spacial score (nSPS) is 12.1. The lowest BCUT2D eigenvalue weighted by Gasteiger charge is -2.16. The summed E-state index contributed by atoms with van der Waals surface area (Å²) in [6.45, 7) is 6.71. The maximum Gasteiger partial charge on any atom is 0.251 e. The summed E-state index contributed by atoms with van der Waals surface area (Å²) in [5.74, 6) is 1.62. The fraction of sp³-hybridized carbons (Fsp3) is 0.194. The fourth-order valence-corrected chi connectivity index (χ4v) is 3.77. The summed E-state index contributed by atoms with van der Waals surface area (Å²) in [4.78, 5) is 22.2. The Bertz CT molecular complexity index is 1330. The predicted octanol–water partition coefficient (Wildman–Crippen LogP) is 7.28. The Morgan fingerprint density at radius 3 is 2.44 bits per heavy atom. The Labute approximate surface area is 212 Å². The van der Waals surface area contributed by atoms with Crippen molar-refractivity contribution in [2.75, 3.05) is 0 Å². The van der Waals surface area contributed by atoms with Crippen LogP contribution in [0, 0.1) is 12.8 Å². The Kier molecular flexibility index (Phi) is 8.24. The van der Waals surface area contributed by atoms with E-state index in [0.29, 0.717) is 12.1 Å². The molecular weight excluding hydrogens is 446 g/mol. The van der Waals surface area contributed by atoms with Gasteiger partial charge >= 0.3 is 0 Å². The SMILES string of the molecule is CCC(C)C(=Nc1cc(C(=O)NCc2ccccn2)ccc1C)c1cccc(Oc2ccccc2)c1. The van der Waals surface area contributed by atoms with Crippen molar-refractivity contribution in [1.29, 1.82) is 0 Å². The van der Waals surface area contributed by atoms with Crippen LogP contribution >= 0.6 is 0 Å². The van der Waals surface area contributed by atoms with E-state index in [1.807, 2.05) is 91.9 Å². The molecule has 1 unspecified atom stereocenters. The Morgan fingerprint density at radius 2 is 1.69 bits per heavy atom. The minimum Gasteiger partial charge on any atom is -0.457 e. The van der Waals surface area contributed by atoms with Gasteiger partial charge in [-0.2, -0.15) is 0 Å². The van der Waals surface area contributed by atoms with E-state index >= 15 is 0 Å². The summed E-state index contributed by atoms with van der Waals surface area (Å²) in [7, 11) is 0. The third kappa shape index (κ3) is 6.45. The standard InChI is InChI=1S/C31H31N3O2/c1-4-22(2)30(24-11-10-15-28(19-24)36-27-13-6-5-7-14-27)34-29-20-25(17-16-23(29)3)31(35)33-21-26-12-8-9-18-32-26/h5-20,22H,4,21H2,1-3H3,(H,33,35). The van der Waals surface area contributed by atoms with Gasteiger partial charge < -0.3 is 10.1 Å². The fourth-order valence-electron chi connectivity index (χ4n) is 3.77. The molecule has 1 N–H and O–H groups in total. The monoisotopic (exact) mass is 477 g/mol. The van der Waals surface area contributed by atoms with Crippen LogP contribution in [0.4, 0.5) is 5.69 Å². The lowest BCUT2D eigenvalue weighted by atomic mass is 9.95. The molecule has 0 bridgehead atoms. The molecule has 0 saturated carbocycles. The first-order valence-electron chi connectivity index (χ1n) is 12.2. The first-order valence-corrected chi connectivity index (χ1v) is 12.2. The molecule has 0 aliphatic carbocycles. The smallest absolute Gasteiger partial charge is 0.251 e. The molecule has 182 valence electrons. The molecule has 1 atom stereocenters. The minimum absolute atomic E-state index is 0.152. The summed E-state index contributed by atoms with van der Waals surface area (Å²) >= 11 is 0. The molecule has 5 heteroatoms. The van der Waals surface area contributed by atoms with Crippen molar-refractivity contribution in [3.05, 3.63) is 120 Å². The number of carbonyl (C=O) groups is 1. The number of hydrogen-bond acceptors (Lipinski definition) is 4. The van der Waals surface area contributed by atoms with E-state index < -0.39 is 0 Å². The number of amides is 1. The molecule has 0 aliphatic heterocycles. The number of hydrogen-bond donors (Lipinski definition) is 1. The van der Waals surface area contributed by atoms with Crippen LogP contribution in [0.15, 0.2) is 102 Å². The van der Waals surface area contributed by atoms with Crippen molar-refractivity contribution in [3.63, 3.8) is 0 Å². The van der Waals surface area contributed by atoms with E-state index in [1.54, 1.807) is 6.20 Å². The number of aromatic nitrogens is 1. The van der Waals surface area contributed by atoms with Gasteiger partial charge in [-0.1, -0.05) is 56.3 Å². The lowest BCUT2D eigenvalue weighted by Crippen LogP contribution is -2.23. The number of ether oxygens (including phenoxy) is 1. The zero-order chi connectivity index (χ0) is 25.3. The molecule has 1 amide bonds. The largest absolute Gasteiger partial charge is 0.457 e. The van der Waals surface area contributed by atoms with Crippen molar-refractivity contribution in [2.45, 2.75) is 33.7 Å². The molecule has 4 aromatic rings. The highest BCUT2D eigenvalue weighted by atomic mass is 16.5. The van der Waals surface area contributed by atoms with Crippen molar-refractivity contribution in [1.82, 2.24) is 10.3 Å². The average Bonchev–Trinajstić information content (AvgIpc) is 2.92. The zero-order valence-electron chi connectivity index (χ0n) is 20.9. The van der Waals surface area contributed by atoms with Crippen LogP contribution < -0.4 is 10.1 Å². The highest BCUT2D eigenvalue weighted by Gasteiger charge is 2.15. The maximum atomic E-state index is 12.8. The average molecular weight is 478 g/mol. The van der Waals surface area contributed by atoms with Gasteiger partial charge in [-0.15, -0.1) is 0 Å². The minimum atomic E-state index is -0.152. The third-order valence-corrected chi connectivity index (χ3v) is 6.06. The number of aliphatic imine (C=N–C) groups is 1. The summed E-state index contributed by atoms with van der Waals surface area (Å²) in [5.41, 5.74) is 5.14. The van der Waals surface area contributed by atoms with Crippen LogP contribution in [-0.2, 0) is 6.54 Å². The molecular formula is C31H31N3O2. The second-order valence-corrected chi connectivity index (χ2v) is 8.75. The molecule has 36 heavy (non-hydrogen) atoms. The Balaban J connectivity index is 1.61. The molecule has 0 radical (unpaired) electrons. The van der Waals surface area contributed by atoms with Crippen molar-refractivity contribution in [2.24, 2.45) is 10.9 Å². The lowest BCUT2D eigenvalue weighted by molar-refractivity contribution is 0.0950. The maximum absolute atomic E-state index is 12.8. The summed E-state index contributed by atoms with van der Waals surface area (Å²) < 4.78 is 6.06. The van der Waals surface area contributed by atoms with Gasteiger partial charge in [0.25, 0.3) is 5.91 Å². The number of carbonyl (C=O) groups excluding carboxylic acids is 1. The molecule has 4 rings (SSSR count). The van der Waals surface area contributed by atoms with Crippen LogP contribution in [0.2, 0.25) is 0 Å². The van der Waals surface area contributed by atoms with Gasteiger partial charge in [-0.3, -0.25) is 14.8 Å². The van der Waals surface area contributed by atoms with E-state index in [9.17, 15) is 4.79 Å². The van der Waals surface area contributed by atoms with Crippen LogP contribution in [0.1, 0.15) is 47.4 Å². The first kappa shape index (κ1) is 24.9. The third-order valence-electron chi connectivity index (χ3n) is 6.06. The van der Waals surface area contributed by atoms with Gasteiger partial charge in [0.05, 0.1) is 23.6 Å². The quantitative estimate of drug-likeness (QED) is 0.258. The molecule has 5 nitrogen and oxygen atoms in total. The Morgan fingerprint density at radius 1 is 0.917 bits per heavy atom. The van der Waals surface area contributed by atoms with E-state index in [1.165, 1.54) is 0 Å². The summed E-state index contributed by atoms with van der Waals surface area (Å²) in [6, 6.07) is 29.0. The highest BCUT2D eigenvalue weighted by Crippen LogP contribution is 2.27. The second kappa shape index (κ2) is 11.9.